The first kappa shape index (κ1) is 7.10. The molecule has 2 aliphatic rings. The van der Waals surface area contributed by atoms with Gasteiger partial charge < -0.3 is 11.1 Å². The normalized spacial score (nSPS) is 33.6. The third-order valence-electron chi connectivity index (χ3n) is 2.93. The number of amides is 1. The van der Waals surface area contributed by atoms with Crippen LogP contribution in [0.4, 0.5) is 0 Å². The third kappa shape index (κ3) is 1.25. The van der Waals surface area contributed by atoms with E-state index in [-0.39, 0.29) is 11.8 Å². The molecule has 1 saturated heterocycles. The Bertz CT molecular complexity index is 187. The van der Waals surface area contributed by atoms with Crippen LogP contribution in [0.1, 0.15) is 19.3 Å². The van der Waals surface area contributed by atoms with E-state index in [4.69, 9.17) is 5.73 Å². The summed E-state index contributed by atoms with van der Waals surface area (Å²) in [6.07, 6.45) is 3.59. The molecule has 11 heavy (non-hydrogen) atoms. The standard InChI is InChI=1S/C8H14N2O/c9-7(11)6-3-8(1-2-8)5-10-4-6/h6,10H,1-5H2,(H2,9,11). The Kier molecular flexibility index (Phi) is 1.42. The number of hydrogen-bond acceptors (Lipinski definition) is 2. The van der Waals surface area contributed by atoms with Crippen LogP contribution >= 0.6 is 0 Å². The fourth-order valence-corrected chi connectivity index (χ4v) is 1.94. The Morgan fingerprint density at radius 1 is 1.55 bits per heavy atom. The van der Waals surface area contributed by atoms with Crippen LogP contribution in [0.15, 0.2) is 0 Å². The quantitative estimate of drug-likeness (QED) is 0.552. The van der Waals surface area contributed by atoms with Crippen molar-refractivity contribution in [3.05, 3.63) is 0 Å². The molecule has 0 aromatic rings. The zero-order valence-electron chi connectivity index (χ0n) is 6.60. The minimum atomic E-state index is -0.136. The second kappa shape index (κ2) is 2.21. The molecular weight excluding hydrogens is 140 g/mol. The molecule has 62 valence electrons. The van der Waals surface area contributed by atoms with Gasteiger partial charge in [-0.1, -0.05) is 0 Å². The van der Waals surface area contributed by atoms with Crippen molar-refractivity contribution in [2.45, 2.75) is 19.3 Å². The number of carbonyl (C=O) groups excluding carboxylic acids is 1. The number of piperidine rings is 1. The van der Waals surface area contributed by atoms with Gasteiger partial charge in [0.25, 0.3) is 0 Å². The molecule has 0 aromatic heterocycles. The topological polar surface area (TPSA) is 55.1 Å². The molecule has 1 aliphatic heterocycles. The number of nitrogens with two attached hydrogens (primary N) is 1. The van der Waals surface area contributed by atoms with Gasteiger partial charge in [0.15, 0.2) is 0 Å². The van der Waals surface area contributed by atoms with Crippen molar-refractivity contribution in [3.8, 4) is 0 Å². The predicted molar refractivity (Wildman–Crippen MR) is 41.8 cm³/mol. The van der Waals surface area contributed by atoms with Gasteiger partial charge >= 0.3 is 0 Å². The van der Waals surface area contributed by atoms with Crippen LogP contribution in [0.2, 0.25) is 0 Å². The van der Waals surface area contributed by atoms with E-state index in [0.29, 0.717) is 5.41 Å². The minimum Gasteiger partial charge on any atom is -0.369 e. The molecule has 1 amide bonds. The van der Waals surface area contributed by atoms with Gasteiger partial charge in [0.2, 0.25) is 5.91 Å². The summed E-state index contributed by atoms with van der Waals surface area (Å²) in [7, 11) is 0. The molecule has 1 saturated carbocycles. The first-order chi connectivity index (χ1) is 5.22. The summed E-state index contributed by atoms with van der Waals surface area (Å²) in [5.41, 5.74) is 5.71. The molecule has 2 rings (SSSR count). The maximum atomic E-state index is 10.9. The summed E-state index contributed by atoms with van der Waals surface area (Å²) in [6, 6.07) is 0. The van der Waals surface area contributed by atoms with Crippen LogP contribution in [-0.2, 0) is 4.79 Å². The van der Waals surface area contributed by atoms with Gasteiger partial charge in [-0.3, -0.25) is 4.79 Å². The maximum absolute atomic E-state index is 10.9. The first-order valence-corrected chi connectivity index (χ1v) is 4.22. The van der Waals surface area contributed by atoms with Crippen molar-refractivity contribution in [3.63, 3.8) is 0 Å². The van der Waals surface area contributed by atoms with Gasteiger partial charge in [0, 0.05) is 13.1 Å². The van der Waals surface area contributed by atoms with E-state index in [1.54, 1.807) is 0 Å². The van der Waals surface area contributed by atoms with Crippen LogP contribution < -0.4 is 11.1 Å². The van der Waals surface area contributed by atoms with Gasteiger partial charge in [-0.05, 0) is 24.7 Å². The van der Waals surface area contributed by atoms with E-state index in [1.807, 2.05) is 0 Å². The Hall–Kier alpha value is -0.570. The van der Waals surface area contributed by atoms with Gasteiger partial charge in [0.05, 0.1) is 5.92 Å². The molecule has 1 atom stereocenters. The lowest BCUT2D eigenvalue weighted by molar-refractivity contribution is -0.122. The van der Waals surface area contributed by atoms with Crippen molar-refractivity contribution in [1.29, 1.82) is 0 Å². The van der Waals surface area contributed by atoms with E-state index < -0.39 is 0 Å². The van der Waals surface area contributed by atoms with Gasteiger partial charge in [-0.25, -0.2) is 0 Å². The summed E-state index contributed by atoms with van der Waals surface area (Å²) < 4.78 is 0. The first-order valence-electron chi connectivity index (χ1n) is 4.22. The lowest BCUT2D eigenvalue weighted by atomic mass is 9.88. The lowest BCUT2D eigenvalue weighted by Gasteiger charge is -2.27. The maximum Gasteiger partial charge on any atom is 0.221 e. The largest absolute Gasteiger partial charge is 0.369 e. The van der Waals surface area contributed by atoms with Crippen LogP contribution in [0.25, 0.3) is 0 Å². The SMILES string of the molecule is NC(=O)C1CNCC2(CC2)C1. The molecule has 2 fully saturated rings. The molecule has 3 heteroatoms. The zero-order chi connectivity index (χ0) is 7.90. The van der Waals surface area contributed by atoms with E-state index in [1.165, 1.54) is 12.8 Å². The highest BCUT2D eigenvalue weighted by Gasteiger charge is 2.46. The summed E-state index contributed by atoms with van der Waals surface area (Å²) in [5.74, 6) is -0.0466. The van der Waals surface area contributed by atoms with Crippen LogP contribution in [-0.4, -0.2) is 19.0 Å². The molecule has 3 N–H and O–H groups in total. The van der Waals surface area contributed by atoms with Crippen molar-refractivity contribution >= 4 is 5.91 Å². The number of carbonyl (C=O) groups is 1. The van der Waals surface area contributed by atoms with Gasteiger partial charge in [0.1, 0.15) is 0 Å². The number of nitrogens with one attached hydrogen (secondary N) is 1. The number of hydrogen-bond donors (Lipinski definition) is 2. The predicted octanol–water partition coefficient (Wildman–Crippen LogP) is -0.139. The summed E-state index contributed by atoms with van der Waals surface area (Å²) >= 11 is 0. The average molecular weight is 154 g/mol. The third-order valence-corrected chi connectivity index (χ3v) is 2.93. The Labute approximate surface area is 66.3 Å². The fraction of sp³-hybridized carbons (Fsp3) is 0.875. The van der Waals surface area contributed by atoms with Crippen molar-refractivity contribution < 1.29 is 4.79 Å². The van der Waals surface area contributed by atoms with Crippen LogP contribution in [0.5, 0.6) is 0 Å². The van der Waals surface area contributed by atoms with E-state index in [9.17, 15) is 4.79 Å². The van der Waals surface area contributed by atoms with Crippen LogP contribution in [0.3, 0.4) is 0 Å². The van der Waals surface area contributed by atoms with Crippen molar-refractivity contribution in [2.24, 2.45) is 17.1 Å². The highest BCUT2D eigenvalue weighted by molar-refractivity contribution is 5.77. The highest BCUT2D eigenvalue weighted by atomic mass is 16.1. The highest BCUT2D eigenvalue weighted by Crippen LogP contribution is 2.51. The lowest BCUT2D eigenvalue weighted by Crippen LogP contribution is -2.43. The summed E-state index contributed by atoms with van der Waals surface area (Å²) in [6.45, 7) is 1.88. The summed E-state index contributed by atoms with van der Waals surface area (Å²) in [5, 5.41) is 3.27. The fourth-order valence-electron chi connectivity index (χ4n) is 1.94. The van der Waals surface area contributed by atoms with E-state index >= 15 is 0 Å². The van der Waals surface area contributed by atoms with E-state index in [2.05, 4.69) is 5.32 Å². The van der Waals surface area contributed by atoms with Gasteiger partial charge in [-0.2, -0.15) is 0 Å². The Morgan fingerprint density at radius 2 is 2.27 bits per heavy atom. The summed E-state index contributed by atoms with van der Waals surface area (Å²) in [4.78, 5) is 10.9. The van der Waals surface area contributed by atoms with Crippen LogP contribution in [0, 0.1) is 11.3 Å². The average Bonchev–Trinajstić information content (AvgIpc) is 2.69. The van der Waals surface area contributed by atoms with E-state index in [0.717, 1.165) is 19.5 Å². The minimum absolute atomic E-state index is 0.0891. The number of rotatable bonds is 1. The van der Waals surface area contributed by atoms with Crippen molar-refractivity contribution in [1.82, 2.24) is 5.32 Å². The molecule has 0 radical (unpaired) electrons. The molecule has 0 aromatic carbocycles. The molecule has 1 heterocycles. The molecular formula is C8H14N2O. The molecule has 0 bridgehead atoms. The smallest absolute Gasteiger partial charge is 0.221 e. The number of primary amides is 1. The van der Waals surface area contributed by atoms with Crippen molar-refractivity contribution in [2.75, 3.05) is 13.1 Å². The Morgan fingerprint density at radius 3 is 2.82 bits per heavy atom. The molecule has 1 spiro atoms. The monoisotopic (exact) mass is 154 g/mol. The Balaban J connectivity index is 1.98. The second-order valence-electron chi connectivity index (χ2n) is 3.93. The molecule has 1 aliphatic carbocycles. The van der Waals surface area contributed by atoms with Gasteiger partial charge in [-0.15, -0.1) is 0 Å². The molecule has 1 unspecified atom stereocenters. The zero-order valence-corrected chi connectivity index (χ0v) is 6.60. The molecule has 3 nitrogen and oxygen atoms in total. The second-order valence-corrected chi connectivity index (χ2v) is 3.93.